The summed E-state index contributed by atoms with van der Waals surface area (Å²) in [7, 11) is 0. The van der Waals surface area contributed by atoms with Crippen molar-refractivity contribution in [1.82, 2.24) is 0 Å². The fraction of sp³-hybridized carbons (Fsp3) is 0.857. The summed E-state index contributed by atoms with van der Waals surface area (Å²) < 4.78 is 0. The van der Waals surface area contributed by atoms with Gasteiger partial charge in [-0.25, -0.2) is 0 Å². The molecule has 1 aromatic rings. The monoisotopic (exact) mass is 586 g/mol. The Balaban J connectivity index is 1.38. The molecule has 8 aliphatic rings. The first-order chi connectivity index (χ1) is 20.6. The van der Waals surface area contributed by atoms with Crippen LogP contribution in [0.25, 0.3) is 0 Å². The Morgan fingerprint density at radius 1 is 0.512 bits per heavy atom. The number of nitrogen functional groups attached to an aromatic ring is 1. The minimum atomic E-state index is 0.375. The zero-order chi connectivity index (χ0) is 30.0. The van der Waals surface area contributed by atoms with Gasteiger partial charge in [0.2, 0.25) is 0 Å². The minimum absolute atomic E-state index is 0.375. The summed E-state index contributed by atoms with van der Waals surface area (Å²) in [5.41, 5.74) is 12.9. The average molecular weight is 586 g/mol. The third kappa shape index (κ3) is 4.89. The van der Waals surface area contributed by atoms with Gasteiger partial charge in [0, 0.05) is 5.69 Å². The van der Waals surface area contributed by atoms with Gasteiger partial charge in [-0.3, -0.25) is 0 Å². The molecule has 4 unspecified atom stereocenters. The second kappa shape index (κ2) is 10.8. The van der Waals surface area contributed by atoms with Crippen LogP contribution in [0.4, 0.5) is 5.69 Å². The fourth-order valence-corrected chi connectivity index (χ4v) is 15.5. The molecule has 4 atom stereocenters. The summed E-state index contributed by atoms with van der Waals surface area (Å²) in [6.07, 6.45) is 36.1. The van der Waals surface area contributed by atoms with Crippen molar-refractivity contribution in [3.8, 4) is 0 Å². The molecule has 0 radical (unpaired) electrons. The summed E-state index contributed by atoms with van der Waals surface area (Å²) in [4.78, 5) is 0. The van der Waals surface area contributed by atoms with Crippen molar-refractivity contribution >= 4 is 5.69 Å². The van der Waals surface area contributed by atoms with Gasteiger partial charge in [-0.05, 0) is 164 Å². The molecule has 2 N–H and O–H groups in total. The highest BCUT2D eigenvalue weighted by atomic mass is 14.8. The molecule has 9 rings (SSSR count). The fourth-order valence-electron chi connectivity index (χ4n) is 15.5. The Labute approximate surface area is 266 Å². The van der Waals surface area contributed by atoms with Gasteiger partial charge >= 0.3 is 0 Å². The smallest absolute Gasteiger partial charge is 0.0314 e. The summed E-state index contributed by atoms with van der Waals surface area (Å²) in [6, 6.07) is 9.51. The highest BCUT2D eigenvalue weighted by Gasteiger charge is 2.76. The Morgan fingerprint density at radius 2 is 0.953 bits per heavy atom. The zero-order valence-electron chi connectivity index (χ0n) is 28.9. The maximum absolute atomic E-state index is 6.34. The molecule has 0 amide bonds. The molecule has 0 spiro atoms. The highest BCUT2D eigenvalue weighted by Crippen LogP contribution is 2.85. The number of rotatable bonds is 14. The van der Waals surface area contributed by atoms with Crippen LogP contribution < -0.4 is 5.73 Å². The van der Waals surface area contributed by atoms with E-state index in [-0.39, 0.29) is 0 Å². The second-order valence-corrected chi connectivity index (χ2v) is 18.9. The van der Waals surface area contributed by atoms with Crippen LogP contribution in [0, 0.1) is 38.4 Å². The van der Waals surface area contributed by atoms with Crippen molar-refractivity contribution in [2.75, 3.05) is 5.73 Å². The third-order valence-corrected chi connectivity index (χ3v) is 15.5. The predicted octanol–water partition coefficient (Wildman–Crippen LogP) is 12.6. The van der Waals surface area contributed by atoms with Crippen molar-refractivity contribution in [3.05, 3.63) is 29.8 Å². The van der Waals surface area contributed by atoms with Gasteiger partial charge in [-0.15, -0.1) is 0 Å². The lowest BCUT2D eigenvalue weighted by Gasteiger charge is -2.80. The van der Waals surface area contributed by atoms with Gasteiger partial charge < -0.3 is 5.73 Å². The van der Waals surface area contributed by atoms with Gasteiger partial charge in [0.1, 0.15) is 0 Å². The molecule has 43 heavy (non-hydrogen) atoms. The second-order valence-electron chi connectivity index (χ2n) is 18.9. The molecule has 1 heteroatoms. The number of anilines is 1. The Kier molecular flexibility index (Phi) is 7.70. The third-order valence-electron chi connectivity index (χ3n) is 15.5. The van der Waals surface area contributed by atoms with Crippen LogP contribution in [0.3, 0.4) is 0 Å². The van der Waals surface area contributed by atoms with Gasteiger partial charge in [-0.1, -0.05) is 91.2 Å². The van der Waals surface area contributed by atoms with Gasteiger partial charge in [0.05, 0.1) is 0 Å². The molecule has 240 valence electrons. The molecule has 0 aromatic heterocycles. The topological polar surface area (TPSA) is 26.0 Å². The molecule has 0 aliphatic heterocycles. The van der Waals surface area contributed by atoms with Crippen molar-refractivity contribution in [1.29, 1.82) is 0 Å². The van der Waals surface area contributed by atoms with Crippen molar-refractivity contribution in [2.24, 2.45) is 38.4 Å². The number of hydrogen-bond acceptors (Lipinski definition) is 1. The molecular formula is C42H67N. The van der Waals surface area contributed by atoms with Crippen LogP contribution in [-0.2, 0) is 5.41 Å². The van der Waals surface area contributed by atoms with E-state index in [1.807, 2.05) is 0 Å². The van der Waals surface area contributed by atoms with E-state index in [1.165, 1.54) is 96.3 Å². The molecule has 0 saturated heterocycles. The van der Waals surface area contributed by atoms with Gasteiger partial charge in [0.25, 0.3) is 0 Å². The molecule has 8 saturated carbocycles. The number of unbranched alkanes of at least 4 members (excludes halogenated alkanes) is 4. The molecule has 8 fully saturated rings. The maximum Gasteiger partial charge on any atom is 0.0314 e. The molecule has 8 bridgehead atoms. The van der Waals surface area contributed by atoms with E-state index in [0.717, 1.165) is 11.6 Å². The Hall–Kier alpha value is -0.980. The Morgan fingerprint density at radius 3 is 1.44 bits per heavy atom. The lowest BCUT2D eigenvalue weighted by atomic mass is 9.25. The van der Waals surface area contributed by atoms with E-state index in [0.29, 0.717) is 37.9 Å². The molecule has 0 heterocycles. The van der Waals surface area contributed by atoms with E-state index in [2.05, 4.69) is 52.0 Å². The SMILES string of the molecule is CCCCC12CC3CC(CCCC)(C1)CC(C14CC5(CCCC)CC(CCCC)(CC(c6ccc(N)cc6)(C5)C1)C4)(C3)C2. The summed E-state index contributed by atoms with van der Waals surface area (Å²) in [6.45, 7) is 9.81. The van der Waals surface area contributed by atoms with Crippen LogP contribution in [0.2, 0.25) is 0 Å². The normalized spacial score (nSPS) is 45.7. The van der Waals surface area contributed by atoms with Gasteiger partial charge in [0.15, 0.2) is 0 Å². The van der Waals surface area contributed by atoms with E-state index in [4.69, 9.17) is 5.73 Å². The van der Waals surface area contributed by atoms with E-state index in [9.17, 15) is 0 Å². The standard InChI is InChI=1S/C42H67N/c1-5-9-17-36-21-33-22-37(24-36,18-10-6-2)29-41(23-33,28-36)42-30-38(19-11-7-3)25-39(31-42,20-12-8-4)27-40(26-38,32-42)34-13-15-35(43)16-14-34/h13-16,33H,5-12,17-32,43H2,1-4H3. The molecule has 1 aromatic carbocycles. The van der Waals surface area contributed by atoms with Crippen LogP contribution in [0.5, 0.6) is 0 Å². The number of benzene rings is 1. The summed E-state index contributed by atoms with van der Waals surface area (Å²) in [5, 5.41) is 0. The van der Waals surface area contributed by atoms with Crippen LogP contribution in [0.1, 0.15) is 187 Å². The van der Waals surface area contributed by atoms with Crippen molar-refractivity contribution in [2.45, 2.75) is 187 Å². The van der Waals surface area contributed by atoms with Crippen LogP contribution in [0.15, 0.2) is 24.3 Å². The average Bonchev–Trinajstić information content (AvgIpc) is 2.96. The first kappa shape index (κ1) is 30.7. The van der Waals surface area contributed by atoms with Gasteiger partial charge in [-0.2, -0.15) is 0 Å². The largest absolute Gasteiger partial charge is 0.399 e. The molecular weight excluding hydrogens is 518 g/mol. The summed E-state index contributed by atoms with van der Waals surface area (Å²) >= 11 is 0. The quantitative estimate of drug-likeness (QED) is 0.216. The highest BCUT2D eigenvalue weighted by molar-refractivity contribution is 5.44. The Bertz CT molecular complexity index is 1100. The molecule has 8 aliphatic carbocycles. The molecule has 1 nitrogen and oxygen atoms in total. The lowest BCUT2D eigenvalue weighted by Crippen LogP contribution is -2.70. The lowest BCUT2D eigenvalue weighted by molar-refractivity contribution is -0.283. The summed E-state index contributed by atoms with van der Waals surface area (Å²) in [5.74, 6) is 1.02. The predicted molar refractivity (Wildman–Crippen MR) is 184 cm³/mol. The first-order valence-corrected chi connectivity index (χ1v) is 19.5. The number of hydrogen-bond donors (Lipinski definition) is 1. The maximum atomic E-state index is 6.34. The first-order valence-electron chi connectivity index (χ1n) is 19.5. The van der Waals surface area contributed by atoms with Crippen molar-refractivity contribution in [3.63, 3.8) is 0 Å². The zero-order valence-corrected chi connectivity index (χ0v) is 28.9. The van der Waals surface area contributed by atoms with Crippen molar-refractivity contribution < 1.29 is 0 Å². The number of nitrogens with two attached hydrogens (primary N) is 1. The van der Waals surface area contributed by atoms with E-state index >= 15 is 0 Å². The van der Waals surface area contributed by atoms with Crippen LogP contribution >= 0.6 is 0 Å². The van der Waals surface area contributed by atoms with Crippen LogP contribution in [-0.4, -0.2) is 0 Å². The van der Waals surface area contributed by atoms with E-state index < -0.39 is 0 Å². The minimum Gasteiger partial charge on any atom is -0.399 e. The van der Waals surface area contributed by atoms with E-state index in [1.54, 1.807) is 63.4 Å².